The summed E-state index contributed by atoms with van der Waals surface area (Å²) in [5.41, 5.74) is 2.47. The van der Waals surface area contributed by atoms with E-state index in [1.807, 2.05) is 12.1 Å². The number of piperazine rings is 1. The monoisotopic (exact) mass is 452 g/mol. The first-order valence-corrected chi connectivity index (χ1v) is 12.2. The van der Waals surface area contributed by atoms with E-state index in [2.05, 4.69) is 46.2 Å². The molecule has 1 saturated carbocycles. The van der Waals surface area contributed by atoms with Gasteiger partial charge in [-0.15, -0.1) is 0 Å². The van der Waals surface area contributed by atoms with Crippen LogP contribution in [0, 0.1) is 0 Å². The molecular weight excluding hydrogens is 416 g/mol. The molecule has 1 saturated heterocycles. The van der Waals surface area contributed by atoms with Gasteiger partial charge in [0.1, 0.15) is 0 Å². The third kappa shape index (κ3) is 6.41. The summed E-state index contributed by atoms with van der Waals surface area (Å²) in [6, 6.07) is 17.2. The molecule has 0 radical (unpaired) electrons. The number of carboxylic acid groups (broad SMARTS) is 1. The Morgan fingerprint density at radius 1 is 1.06 bits per heavy atom. The molecule has 1 atom stereocenters. The number of nitrogens with zero attached hydrogens (tertiary/aromatic N) is 2. The Balaban J connectivity index is 1.49. The zero-order valence-electron chi connectivity index (χ0n) is 19.6. The summed E-state index contributed by atoms with van der Waals surface area (Å²) in [4.78, 5) is 15.9. The summed E-state index contributed by atoms with van der Waals surface area (Å²) in [5.74, 6) is 0.908. The number of anilines is 1. The molecule has 0 aromatic heterocycles. The summed E-state index contributed by atoms with van der Waals surface area (Å²) in [5, 5.41) is 9.06. The number of methoxy groups -OCH3 is 1. The molecule has 1 aliphatic carbocycles. The van der Waals surface area contributed by atoms with Gasteiger partial charge in [-0.05, 0) is 62.8 Å². The predicted molar refractivity (Wildman–Crippen MR) is 130 cm³/mol. The second-order valence-electron chi connectivity index (χ2n) is 9.18. The van der Waals surface area contributed by atoms with Crippen LogP contribution in [0.3, 0.4) is 0 Å². The van der Waals surface area contributed by atoms with Gasteiger partial charge < -0.3 is 19.5 Å². The van der Waals surface area contributed by atoms with Crippen molar-refractivity contribution in [1.82, 2.24) is 4.90 Å². The molecule has 4 rings (SSSR count). The molecule has 2 aromatic rings. The van der Waals surface area contributed by atoms with Gasteiger partial charge in [-0.2, -0.15) is 0 Å². The van der Waals surface area contributed by atoms with Crippen LogP contribution in [0.5, 0.6) is 11.5 Å². The Labute approximate surface area is 197 Å². The topological polar surface area (TPSA) is 62.2 Å². The van der Waals surface area contributed by atoms with Crippen LogP contribution in [0.1, 0.15) is 44.1 Å². The molecule has 1 unspecified atom stereocenters. The van der Waals surface area contributed by atoms with E-state index in [4.69, 9.17) is 14.6 Å². The minimum atomic E-state index is -0.721. The van der Waals surface area contributed by atoms with E-state index in [0.717, 1.165) is 62.6 Å². The number of rotatable bonds is 10. The maximum atomic E-state index is 11.0. The highest BCUT2D eigenvalue weighted by molar-refractivity contribution is 5.66. The van der Waals surface area contributed by atoms with E-state index in [9.17, 15) is 4.79 Å². The van der Waals surface area contributed by atoms with Crippen molar-refractivity contribution in [2.75, 3.05) is 38.2 Å². The largest absolute Gasteiger partial charge is 0.493 e. The first-order chi connectivity index (χ1) is 16.1. The Hall–Kier alpha value is -2.73. The summed E-state index contributed by atoms with van der Waals surface area (Å²) >= 11 is 0. The molecule has 0 bridgehead atoms. The van der Waals surface area contributed by atoms with Crippen LogP contribution < -0.4 is 14.4 Å². The average Bonchev–Trinajstić information content (AvgIpc) is 3.33. The molecule has 0 amide bonds. The molecular formula is C27H36N2O4. The lowest BCUT2D eigenvalue weighted by Gasteiger charge is -2.43. The van der Waals surface area contributed by atoms with Gasteiger partial charge >= 0.3 is 5.97 Å². The van der Waals surface area contributed by atoms with Crippen molar-refractivity contribution in [2.24, 2.45) is 0 Å². The molecule has 2 fully saturated rings. The van der Waals surface area contributed by atoms with Crippen LogP contribution in [-0.2, 0) is 11.2 Å². The molecule has 178 valence electrons. The Bertz CT molecular complexity index is 898. The standard InChI is InChI=1S/C27H36N2O4/c1-32-25-14-13-22(19-26(25)33-24-10-5-6-11-24)29-17-16-28(15-7-12-27(30)31)23(20-29)18-21-8-3-2-4-9-21/h2-4,8-9,13-14,19,23-24H,5-7,10-12,15-18,20H2,1H3,(H,30,31). The van der Waals surface area contributed by atoms with Crippen molar-refractivity contribution < 1.29 is 19.4 Å². The average molecular weight is 453 g/mol. The van der Waals surface area contributed by atoms with Crippen LogP contribution in [-0.4, -0.2) is 61.4 Å². The van der Waals surface area contributed by atoms with Gasteiger partial charge in [-0.1, -0.05) is 30.3 Å². The summed E-state index contributed by atoms with van der Waals surface area (Å²) in [6.07, 6.45) is 6.83. The van der Waals surface area contributed by atoms with Gasteiger partial charge in [0.05, 0.1) is 13.2 Å². The van der Waals surface area contributed by atoms with Gasteiger partial charge in [0.2, 0.25) is 0 Å². The lowest BCUT2D eigenvalue weighted by Crippen LogP contribution is -2.54. The fourth-order valence-corrected chi connectivity index (χ4v) is 5.07. The second-order valence-corrected chi connectivity index (χ2v) is 9.18. The van der Waals surface area contributed by atoms with Crippen molar-refractivity contribution in [3.05, 3.63) is 54.1 Å². The minimum absolute atomic E-state index is 0.221. The molecule has 2 aromatic carbocycles. The smallest absolute Gasteiger partial charge is 0.303 e. The van der Waals surface area contributed by atoms with Crippen molar-refractivity contribution in [3.8, 4) is 11.5 Å². The zero-order chi connectivity index (χ0) is 23.0. The van der Waals surface area contributed by atoms with Crippen molar-refractivity contribution in [3.63, 3.8) is 0 Å². The van der Waals surface area contributed by atoms with Crippen LogP contribution in [0.25, 0.3) is 0 Å². The molecule has 1 heterocycles. The summed E-state index contributed by atoms with van der Waals surface area (Å²) in [7, 11) is 1.70. The number of ether oxygens (including phenoxy) is 2. The molecule has 2 aliphatic rings. The van der Waals surface area contributed by atoms with E-state index < -0.39 is 5.97 Å². The second kappa shape index (κ2) is 11.4. The Morgan fingerprint density at radius 2 is 1.85 bits per heavy atom. The molecule has 1 aliphatic heterocycles. The maximum absolute atomic E-state index is 11.0. The lowest BCUT2D eigenvalue weighted by molar-refractivity contribution is -0.137. The number of carbonyl (C=O) groups is 1. The first kappa shape index (κ1) is 23.4. The van der Waals surface area contributed by atoms with Gasteiger partial charge in [0.15, 0.2) is 11.5 Å². The van der Waals surface area contributed by atoms with Gasteiger partial charge in [-0.3, -0.25) is 9.69 Å². The number of carboxylic acids is 1. The van der Waals surface area contributed by atoms with E-state index in [-0.39, 0.29) is 12.5 Å². The number of aliphatic carboxylic acids is 1. The summed E-state index contributed by atoms with van der Waals surface area (Å²) < 4.78 is 11.9. The Morgan fingerprint density at radius 3 is 2.58 bits per heavy atom. The van der Waals surface area contributed by atoms with Crippen molar-refractivity contribution >= 4 is 11.7 Å². The normalized spacial score (nSPS) is 19.5. The molecule has 6 heteroatoms. The SMILES string of the molecule is COc1ccc(N2CCN(CCCC(=O)O)C(Cc3ccccc3)C2)cc1OC1CCCC1. The molecule has 0 spiro atoms. The van der Waals surface area contributed by atoms with E-state index >= 15 is 0 Å². The predicted octanol–water partition coefficient (Wildman–Crippen LogP) is 4.61. The number of hydrogen-bond acceptors (Lipinski definition) is 5. The van der Waals surface area contributed by atoms with Gasteiger partial charge in [0, 0.05) is 43.9 Å². The fraction of sp³-hybridized carbons (Fsp3) is 0.519. The highest BCUT2D eigenvalue weighted by atomic mass is 16.5. The molecule has 6 nitrogen and oxygen atoms in total. The number of benzene rings is 2. The maximum Gasteiger partial charge on any atom is 0.303 e. The zero-order valence-corrected chi connectivity index (χ0v) is 19.6. The molecule has 1 N–H and O–H groups in total. The third-order valence-corrected chi connectivity index (χ3v) is 6.86. The number of hydrogen-bond donors (Lipinski definition) is 1. The van der Waals surface area contributed by atoms with Crippen LogP contribution >= 0.6 is 0 Å². The fourth-order valence-electron chi connectivity index (χ4n) is 5.07. The highest BCUT2D eigenvalue weighted by Gasteiger charge is 2.28. The Kier molecular flexibility index (Phi) is 8.10. The quantitative estimate of drug-likeness (QED) is 0.568. The van der Waals surface area contributed by atoms with Crippen LogP contribution in [0.4, 0.5) is 5.69 Å². The van der Waals surface area contributed by atoms with Gasteiger partial charge in [0.25, 0.3) is 0 Å². The lowest BCUT2D eigenvalue weighted by atomic mass is 10.0. The summed E-state index contributed by atoms with van der Waals surface area (Å²) in [6.45, 7) is 3.54. The minimum Gasteiger partial charge on any atom is -0.493 e. The van der Waals surface area contributed by atoms with E-state index in [1.165, 1.54) is 18.4 Å². The molecule has 33 heavy (non-hydrogen) atoms. The van der Waals surface area contributed by atoms with E-state index in [0.29, 0.717) is 12.5 Å². The van der Waals surface area contributed by atoms with E-state index in [1.54, 1.807) is 7.11 Å². The highest BCUT2D eigenvalue weighted by Crippen LogP contribution is 2.35. The third-order valence-electron chi connectivity index (χ3n) is 6.86. The van der Waals surface area contributed by atoms with Crippen LogP contribution in [0.15, 0.2) is 48.5 Å². The van der Waals surface area contributed by atoms with Crippen molar-refractivity contribution in [1.29, 1.82) is 0 Å². The first-order valence-electron chi connectivity index (χ1n) is 12.2. The van der Waals surface area contributed by atoms with Gasteiger partial charge in [-0.25, -0.2) is 0 Å². The van der Waals surface area contributed by atoms with Crippen LogP contribution in [0.2, 0.25) is 0 Å². The van der Waals surface area contributed by atoms with Crippen molar-refractivity contribution in [2.45, 2.75) is 57.1 Å².